The third-order valence-electron chi connectivity index (χ3n) is 4.12. The Bertz CT molecular complexity index is 783. The first-order chi connectivity index (χ1) is 11.9. The van der Waals surface area contributed by atoms with Gasteiger partial charge in [0.05, 0.1) is 6.54 Å². The molecule has 0 aromatic heterocycles. The number of hydrogen-bond donors (Lipinski definition) is 1. The molecule has 1 saturated heterocycles. The zero-order chi connectivity index (χ0) is 18.0. The third-order valence-corrected chi connectivity index (χ3v) is 4.84. The standard InChI is InChI=1S/C18H16F2N2O2S/c1-18(13-5-3-2-4-6-13)15(23)22(17(24)21-18)11-12-7-9-14(10-8-12)25-16(19)20/h2-10,16H,11H2,1H3,(H,21,24). The SMILES string of the molecule is CC1(c2ccccc2)NC(=O)N(Cc2ccc(SC(F)F)cc2)C1=O. The molecule has 1 fully saturated rings. The summed E-state index contributed by atoms with van der Waals surface area (Å²) in [6, 6.07) is 15.0. The van der Waals surface area contributed by atoms with Gasteiger partial charge in [-0.2, -0.15) is 8.78 Å². The number of hydrogen-bond acceptors (Lipinski definition) is 3. The highest BCUT2D eigenvalue weighted by atomic mass is 32.2. The predicted molar refractivity (Wildman–Crippen MR) is 91.2 cm³/mol. The second-order valence-electron chi connectivity index (χ2n) is 5.83. The Morgan fingerprint density at radius 2 is 1.72 bits per heavy atom. The summed E-state index contributed by atoms with van der Waals surface area (Å²) in [7, 11) is 0. The van der Waals surface area contributed by atoms with Crippen molar-refractivity contribution >= 4 is 23.7 Å². The Morgan fingerprint density at radius 3 is 2.32 bits per heavy atom. The molecule has 1 atom stereocenters. The van der Waals surface area contributed by atoms with E-state index in [4.69, 9.17) is 0 Å². The summed E-state index contributed by atoms with van der Waals surface area (Å²) in [5, 5.41) is 2.74. The number of urea groups is 1. The molecular formula is C18H16F2N2O2S. The van der Waals surface area contributed by atoms with E-state index in [1.165, 1.54) is 0 Å². The summed E-state index contributed by atoms with van der Waals surface area (Å²) < 4.78 is 24.7. The van der Waals surface area contributed by atoms with Crippen LogP contribution < -0.4 is 5.32 Å². The van der Waals surface area contributed by atoms with Crippen LogP contribution in [0.3, 0.4) is 0 Å². The lowest BCUT2D eigenvalue weighted by Gasteiger charge is -2.22. The van der Waals surface area contributed by atoms with Crippen LogP contribution in [0, 0.1) is 0 Å². The zero-order valence-electron chi connectivity index (χ0n) is 13.4. The van der Waals surface area contributed by atoms with Gasteiger partial charge in [-0.3, -0.25) is 9.69 Å². The van der Waals surface area contributed by atoms with E-state index in [2.05, 4.69) is 5.32 Å². The molecule has 25 heavy (non-hydrogen) atoms. The lowest BCUT2D eigenvalue weighted by atomic mass is 9.92. The van der Waals surface area contributed by atoms with Gasteiger partial charge < -0.3 is 5.32 Å². The summed E-state index contributed by atoms with van der Waals surface area (Å²) in [5.41, 5.74) is 0.294. The van der Waals surface area contributed by atoms with Crippen LogP contribution in [0.2, 0.25) is 0 Å². The van der Waals surface area contributed by atoms with Gasteiger partial charge >= 0.3 is 6.03 Å². The monoisotopic (exact) mass is 362 g/mol. The Balaban J connectivity index is 1.77. The molecule has 4 nitrogen and oxygen atoms in total. The molecule has 130 valence electrons. The fourth-order valence-corrected chi connectivity index (χ4v) is 3.27. The van der Waals surface area contributed by atoms with Crippen molar-refractivity contribution in [2.45, 2.75) is 29.7 Å². The van der Waals surface area contributed by atoms with E-state index in [0.29, 0.717) is 27.8 Å². The molecule has 1 heterocycles. The molecule has 2 aromatic carbocycles. The van der Waals surface area contributed by atoms with Gasteiger partial charge in [-0.05, 0) is 30.2 Å². The van der Waals surface area contributed by atoms with Crippen LogP contribution >= 0.6 is 11.8 Å². The Kier molecular flexibility index (Phi) is 4.76. The van der Waals surface area contributed by atoms with Crippen LogP contribution in [0.4, 0.5) is 13.6 Å². The van der Waals surface area contributed by atoms with E-state index in [-0.39, 0.29) is 12.5 Å². The summed E-state index contributed by atoms with van der Waals surface area (Å²) in [6.07, 6.45) is 0. The number of benzene rings is 2. The van der Waals surface area contributed by atoms with Crippen LogP contribution in [-0.4, -0.2) is 22.6 Å². The van der Waals surface area contributed by atoms with Gasteiger partial charge in [-0.15, -0.1) is 0 Å². The van der Waals surface area contributed by atoms with Gasteiger partial charge in [0.25, 0.3) is 11.7 Å². The van der Waals surface area contributed by atoms with Crippen molar-refractivity contribution in [2.24, 2.45) is 0 Å². The maximum absolute atomic E-state index is 12.8. The van der Waals surface area contributed by atoms with Crippen LogP contribution in [-0.2, 0) is 16.9 Å². The van der Waals surface area contributed by atoms with Gasteiger partial charge in [0.1, 0.15) is 5.54 Å². The van der Waals surface area contributed by atoms with Crippen LogP contribution in [0.15, 0.2) is 59.5 Å². The van der Waals surface area contributed by atoms with E-state index >= 15 is 0 Å². The minimum atomic E-state index is -2.48. The largest absolute Gasteiger partial charge is 0.325 e. The number of alkyl halides is 2. The number of amides is 3. The zero-order valence-corrected chi connectivity index (χ0v) is 14.2. The summed E-state index contributed by atoms with van der Waals surface area (Å²) in [5.74, 6) is -2.82. The van der Waals surface area contributed by atoms with Crippen molar-refractivity contribution < 1.29 is 18.4 Å². The Hall–Kier alpha value is -2.41. The highest BCUT2D eigenvalue weighted by Gasteiger charge is 2.48. The maximum atomic E-state index is 12.8. The molecule has 1 aliphatic rings. The van der Waals surface area contributed by atoms with Gasteiger partial charge in [0.2, 0.25) is 0 Å². The van der Waals surface area contributed by atoms with Gasteiger partial charge in [-0.1, -0.05) is 54.2 Å². The maximum Gasteiger partial charge on any atom is 0.325 e. The molecule has 3 amide bonds. The van der Waals surface area contributed by atoms with E-state index in [0.717, 1.165) is 4.90 Å². The van der Waals surface area contributed by atoms with Crippen LogP contribution in [0.25, 0.3) is 0 Å². The molecule has 0 radical (unpaired) electrons. The average Bonchev–Trinajstić information content (AvgIpc) is 2.81. The molecule has 0 bridgehead atoms. The minimum absolute atomic E-state index is 0.0900. The smallest absolute Gasteiger partial charge is 0.319 e. The van der Waals surface area contributed by atoms with Crippen LogP contribution in [0.1, 0.15) is 18.1 Å². The lowest BCUT2D eigenvalue weighted by Crippen LogP contribution is -2.40. The number of carbonyl (C=O) groups is 2. The van der Waals surface area contributed by atoms with Crippen molar-refractivity contribution in [1.82, 2.24) is 10.2 Å². The van der Waals surface area contributed by atoms with E-state index in [1.807, 2.05) is 18.2 Å². The fraction of sp³-hybridized carbons (Fsp3) is 0.222. The summed E-state index contributed by atoms with van der Waals surface area (Å²) in [6.45, 7) is 1.76. The lowest BCUT2D eigenvalue weighted by molar-refractivity contribution is -0.131. The molecule has 0 aliphatic carbocycles. The second-order valence-corrected chi connectivity index (χ2v) is 6.90. The van der Waals surface area contributed by atoms with Gasteiger partial charge in [0, 0.05) is 4.90 Å². The first-order valence-corrected chi connectivity index (χ1v) is 8.51. The van der Waals surface area contributed by atoms with Crippen LogP contribution in [0.5, 0.6) is 0 Å². The molecule has 2 aromatic rings. The molecule has 1 unspecified atom stereocenters. The topological polar surface area (TPSA) is 49.4 Å². The van der Waals surface area contributed by atoms with E-state index in [1.54, 1.807) is 43.3 Å². The number of nitrogens with zero attached hydrogens (tertiary/aromatic N) is 1. The Labute approximate surface area is 148 Å². The Morgan fingerprint density at radius 1 is 1.08 bits per heavy atom. The summed E-state index contributed by atoms with van der Waals surface area (Å²) in [4.78, 5) is 26.7. The number of imide groups is 1. The molecule has 1 N–H and O–H groups in total. The quantitative estimate of drug-likeness (QED) is 0.647. The van der Waals surface area contributed by atoms with Gasteiger partial charge in [-0.25, -0.2) is 4.79 Å². The number of halogens is 2. The normalized spacial score (nSPS) is 20.2. The van der Waals surface area contributed by atoms with E-state index < -0.39 is 17.3 Å². The number of rotatable bonds is 5. The number of thioether (sulfide) groups is 1. The highest BCUT2D eigenvalue weighted by molar-refractivity contribution is 7.99. The molecule has 3 rings (SSSR count). The molecule has 0 spiro atoms. The predicted octanol–water partition coefficient (Wildman–Crippen LogP) is 3.97. The first kappa shape index (κ1) is 17.4. The third kappa shape index (κ3) is 3.51. The van der Waals surface area contributed by atoms with Crippen molar-refractivity contribution in [3.05, 3.63) is 65.7 Å². The second kappa shape index (κ2) is 6.84. The molecular weight excluding hydrogens is 346 g/mol. The number of nitrogens with one attached hydrogen (secondary N) is 1. The van der Waals surface area contributed by atoms with Gasteiger partial charge in [0.15, 0.2) is 0 Å². The van der Waals surface area contributed by atoms with Crippen molar-refractivity contribution in [1.29, 1.82) is 0 Å². The van der Waals surface area contributed by atoms with Crippen molar-refractivity contribution in [3.63, 3.8) is 0 Å². The first-order valence-electron chi connectivity index (χ1n) is 7.63. The molecule has 0 saturated carbocycles. The van der Waals surface area contributed by atoms with E-state index in [9.17, 15) is 18.4 Å². The van der Waals surface area contributed by atoms with Crippen molar-refractivity contribution in [2.75, 3.05) is 0 Å². The fourth-order valence-electron chi connectivity index (χ4n) is 2.77. The average molecular weight is 362 g/mol. The summed E-state index contributed by atoms with van der Waals surface area (Å²) >= 11 is 0.455. The number of carbonyl (C=O) groups excluding carboxylic acids is 2. The molecule has 1 aliphatic heterocycles. The van der Waals surface area contributed by atoms with Crippen molar-refractivity contribution in [3.8, 4) is 0 Å². The minimum Gasteiger partial charge on any atom is -0.319 e. The highest BCUT2D eigenvalue weighted by Crippen LogP contribution is 2.30. The molecule has 7 heteroatoms.